The quantitative estimate of drug-likeness (QED) is 0.696. The van der Waals surface area contributed by atoms with Crippen LogP contribution >= 0.6 is 0 Å². The van der Waals surface area contributed by atoms with Gasteiger partial charge >= 0.3 is 6.03 Å². The molecule has 0 atom stereocenters. The number of nitrogens with one attached hydrogen (secondary N) is 3. The first-order chi connectivity index (χ1) is 9.72. The molecule has 2 amide bonds. The van der Waals surface area contributed by atoms with Gasteiger partial charge in [0.15, 0.2) is 0 Å². The Bertz CT molecular complexity index is 574. The minimum absolute atomic E-state index is 0.0741. The average Bonchev–Trinajstić information content (AvgIpc) is 2.84. The fraction of sp³-hybridized carbons (Fsp3) is 0.438. The smallest absolute Gasteiger partial charge is 0.314 e. The number of fused-ring (bicyclic) bond motifs is 1. The van der Waals surface area contributed by atoms with E-state index in [2.05, 4.69) is 47.7 Å². The van der Waals surface area contributed by atoms with E-state index in [0.717, 1.165) is 31.3 Å². The molecule has 2 aromatic rings. The number of carbonyl (C=O) groups excluding carboxylic acids is 1. The predicted octanol–water partition coefficient (Wildman–Crippen LogP) is 3.12. The summed E-state index contributed by atoms with van der Waals surface area (Å²) in [5.74, 6) is 0. The summed E-state index contributed by atoms with van der Waals surface area (Å²) in [5.41, 5.74) is 3.69. The van der Waals surface area contributed by atoms with Crippen LogP contribution in [0.25, 0.3) is 10.9 Å². The van der Waals surface area contributed by atoms with E-state index >= 15 is 0 Å². The van der Waals surface area contributed by atoms with Crippen molar-refractivity contribution in [3.63, 3.8) is 0 Å². The molecule has 4 heteroatoms. The average molecular weight is 273 g/mol. The third-order valence-electron chi connectivity index (χ3n) is 3.49. The first-order valence-electron chi connectivity index (χ1n) is 7.29. The highest BCUT2D eigenvalue weighted by molar-refractivity contribution is 5.86. The van der Waals surface area contributed by atoms with Crippen molar-refractivity contribution in [1.82, 2.24) is 15.6 Å². The second-order valence-electron chi connectivity index (χ2n) is 5.10. The number of aryl methyl sites for hydroxylation is 1. The number of H-pyrrole nitrogens is 1. The Morgan fingerprint density at radius 1 is 1.25 bits per heavy atom. The molecule has 1 heterocycles. The summed E-state index contributed by atoms with van der Waals surface area (Å²) < 4.78 is 0. The van der Waals surface area contributed by atoms with Gasteiger partial charge in [0.25, 0.3) is 0 Å². The van der Waals surface area contributed by atoms with Crippen molar-refractivity contribution in [3.05, 3.63) is 35.5 Å². The normalized spacial score (nSPS) is 10.7. The van der Waals surface area contributed by atoms with Gasteiger partial charge in [-0.1, -0.05) is 25.5 Å². The highest BCUT2D eigenvalue weighted by Crippen LogP contribution is 2.22. The fourth-order valence-electron chi connectivity index (χ4n) is 2.40. The molecule has 1 aromatic heterocycles. The van der Waals surface area contributed by atoms with Gasteiger partial charge in [-0.05, 0) is 37.0 Å². The minimum atomic E-state index is -0.0741. The Hall–Kier alpha value is -1.97. The number of benzene rings is 1. The Balaban J connectivity index is 1.86. The number of rotatable bonds is 6. The summed E-state index contributed by atoms with van der Waals surface area (Å²) in [6.07, 6.45) is 4.99. The summed E-state index contributed by atoms with van der Waals surface area (Å²) in [6.45, 7) is 5.62. The molecule has 4 nitrogen and oxygen atoms in total. The van der Waals surface area contributed by atoms with E-state index in [1.54, 1.807) is 0 Å². The van der Waals surface area contributed by atoms with Crippen molar-refractivity contribution in [2.45, 2.75) is 33.1 Å². The maximum atomic E-state index is 11.5. The molecule has 0 unspecified atom stereocenters. The monoisotopic (exact) mass is 273 g/mol. The molecule has 0 aliphatic carbocycles. The van der Waals surface area contributed by atoms with Crippen LogP contribution in [-0.4, -0.2) is 24.1 Å². The van der Waals surface area contributed by atoms with Gasteiger partial charge in [-0.15, -0.1) is 0 Å². The number of aromatic amines is 1. The highest BCUT2D eigenvalue weighted by Gasteiger charge is 2.06. The maximum absolute atomic E-state index is 11.5. The van der Waals surface area contributed by atoms with Gasteiger partial charge < -0.3 is 15.6 Å². The molecule has 0 fully saturated rings. The Morgan fingerprint density at radius 3 is 2.85 bits per heavy atom. The van der Waals surface area contributed by atoms with Gasteiger partial charge in [0.2, 0.25) is 0 Å². The van der Waals surface area contributed by atoms with Gasteiger partial charge in [-0.25, -0.2) is 4.79 Å². The van der Waals surface area contributed by atoms with Crippen LogP contribution in [0.1, 0.15) is 30.9 Å². The molecular weight excluding hydrogens is 250 g/mol. The van der Waals surface area contributed by atoms with Crippen molar-refractivity contribution < 1.29 is 4.79 Å². The SMILES string of the molecule is CCCCNC(=O)NCCc1c[nH]c2cccc(C)c12. The van der Waals surface area contributed by atoms with Crippen LogP contribution in [0.15, 0.2) is 24.4 Å². The summed E-state index contributed by atoms with van der Waals surface area (Å²) >= 11 is 0. The van der Waals surface area contributed by atoms with Gasteiger partial charge in [-0.2, -0.15) is 0 Å². The zero-order chi connectivity index (χ0) is 14.4. The summed E-state index contributed by atoms with van der Waals surface area (Å²) in [5, 5.41) is 7.03. The fourth-order valence-corrected chi connectivity index (χ4v) is 2.40. The lowest BCUT2D eigenvalue weighted by atomic mass is 10.1. The lowest BCUT2D eigenvalue weighted by Crippen LogP contribution is -2.37. The van der Waals surface area contributed by atoms with Crippen molar-refractivity contribution in [2.24, 2.45) is 0 Å². The zero-order valence-electron chi connectivity index (χ0n) is 12.3. The van der Waals surface area contributed by atoms with Gasteiger partial charge in [-0.3, -0.25) is 0 Å². The molecule has 0 aliphatic rings. The van der Waals surface area contributed by atoms with Crippen LogP contribution < -0.4 is 10.6 Å². The van der Waals surface area contributed by atoms with Gasteiger partial charge in [0, 0.05) is 30.2 Å². The lowest BCUT2D eigenvalue weighted by molar-refractivity contribution is 0.241. The molecule has 20 heavy (non-hydrogen) atoms. The molecule has 3 N–H and O–H groups in total. The van der Waals surface area contributed by atoms with Gasteiger partial charge in [0.05, 0.1) is 0 Å². The number of hydrogen-bond acceptors (Lipinski definition) is 1. The molecule has 108 valence electrons. The third kappa shape index (κ3) is 3.53. The number of carbonyl (C=O) groups is 1. The number of unbranched alkanes of at least 4 members (excludes halogenated alkanes) is 1. The first-order valence-corrected chi connectivity index (χ1v) is 7.29. The van der Waals surface area contributed by atoms with Crippen molar-refractivity contribution in [1.29, 1.82) is 0 Å². The number of hydrogen-bond donors (Lipinski definition) is 3. The van der Waals surface area contributed by atoms with Crippen LogP contribution in [-0.2, 0) is 6.42 Å². The Kier molecular flexibility index (Phi) is 5.04. The minimum Gasteiger partial charge on any atom is -0.361 e. The van der Waals surface area contributed by atoms with E-state index in [1.165, 1.54) is 16.5 Å². The lowest BCUT2D eigenvalue weighted by Gasteiger charge is -2.07. The van der Waals surface area contributed by atoms with Gasteiger partial charge in [0.1, 0.15) is 0 Å². The van der Waals surface area contributed by atoms with Crippen LogP contribution in [0.3, 0.4) is 0 Å². The molecule has 1 aromatic carbocycles. The topological polar surface area (TPSA) is 56.9 Å². The highest BCUT2D eigenvalue weighted by atomic mass is 16.2. The number of amides is 2. The maximum Gasteiger partial charge on any atom is 0.314 e. The van der Waals surface area contributed by atoms with Crippen LogP contribution in [0.2, 0.25) is 0 Å². The zero-order valence-corrected chi connectivity index (χ0v) is 12.3. The molecule has 0 bridgehead atoms. The molecule has 0 aliphatic heterocycles. The standard InChI is InChI=1S/C16H23N3O/c1-3-4-9-17-16(20)18-10-8-13-11-19-14-7-5-6-12(2)15(13)14/h5-7,11,19H,3-4,8-10H2,1-2H3,(H2,17,18,20). The number of urea groups is 1. The van der Waals surface area contributed by atoms with E-state index in [4.69, 9.17) is 0 Å². The van der Waals surface area contributed by atoms with Crippen LogP contribution in [0.4, 0.5) is 4.79 Å². The molecule has 0 radical (unpaired) electrons. The van der Waals surface area contributed by atoms with Crippen molar-refractivity contribution in [3.8, 4) is 0 Å². The van der Waals surface area contributed by atoms with E-state index < -0.39 is 0 Å². The second kappa shape index (κ2) is 6.98. The van der Waals surface area contributed by atoms with Crippen LogP contribution in [0.5, 0.6) is 0 Å². The first kappa shape index (κ1) is 14.4. The summed E-state index contributed by atoms with van der Waals surface area (Å²) in [6, 6.07) is 6.17. The third-order valence-corrected chi connectivity index (χ3v) is 3.49. The summed E-state index contributed by atoms with van der Waals surface area (Å²) in [4.78, 5) is 14.8. The van der Waals surface area contributed by atoms with E-state index in [-0.39, 0.29) is 6.03 Å². The molecule has 0 saturated heterocycles. The Labute approximate surface area is 120 Å². The summed E-state index contributed by atoms with van der Waals surface area (Å²) in [7, 11) is 0. The van der Waals surface area contributed by atoms with E-state index in [9.17, 15) is 4.79 Å². The number of aromatic nitrogens is 1. The Morgan fingerprint density at radius 2 is 2.05 bits per heavy atom. The molecular formula is C16H23N3O. The largest absolute Gasteiger partial charge is 0.361 e. The van der Waals surface area contributed by atoms with E-state index in [1.807, 2.05) is 6.20 Å². The van der Waals surface area contributed by atoms with E-state index in [0.29, 0.717) is 6.54 Å². The molecule has 0 saturated carbocycles. The molecule has 0 spiro atoms. The van der Waals surface area contributed by atoms with Crippen LogP contribution in [0, 0.1) is 6.92 Å². The second-order valence-corrected chi connectivity index (χ2v) is 5.10. The predicted molar refractivity (Wildman–Crippen MR) is 83.0 cm³/mol. The molecule has 2 rings (SSSR count). The van der Waals surface area contributed by atoms with Crippen molar-refractivity contribution >= 4 is 16.9 Å². The van der Waals surface area contributed by atoms with Crippen molar-refractivity contribution in [2.75, 3.05) is 13.1 Å².